The van der Waals surface area contributed by atoms with E-state index in [4.69, 9.17) is 0 Å². The van der Waals surface area contributed by atoms with Crippen LogP contribution in [0.3, 0.4) is 0 Å². The van der Waals surface area contributed by atoms with Crippen LogP contribution in [-0.4, -0.2) is 31.5 Å². The second-order valence-corrected chi connectivity index (χ2v) is 4.75. The van der Waals surface area contributed by atoms with E-state index < -0.39 is 0 Å². The minimum atomic E-state index is -0.120. The normalized spacial score (nSPS) is 12.7. The summed E-state index contributed by atoms with van der Waals surface area (Å²) in [5, 5.41) is 11.3. The molecule has 0 spiro atoms. The summed E-state index contributed by atoms with van der Waals surface area (Å²) in [6.07, 6.45) is 3.62. The van der Waals surface area contributed by atoms with Crippen molar-refractivity contribution in [3.63, 3.8) is 0 Å². The van der Waals surface area contributed by atoms with Gasteiger partial charge < -0.3 is 5.32 Å². The van der Waals surface area contributed by atoms with Crippen molar-refractivity contribution in [1.29, 1.82) is 0 Å². The van der Waals surface area contributed by atoms with E-state index in [1.54, 1.807) is 4.68 Å². The summed E-state index contributed by atoms with van der Waals surface area (Å²) in [6, 6.07) is -0.120. The van der Waals surface area contributed by atoms with Gasteiger partial charge in [-0.15, -0.1) is 5.10 Å². The molecule has 2 rings (SSSR count). The molecular formula is C11H15BrN6. The molecule has 2 heterocycles. The maximum atomic E-state index is 4.37. The summed E-state index contributed by atoms with van der Waals surface area (Å²) in [6.45, 7) is 4.81. The summed E-state index contributed by atoms with van der Waals surface area (Å²) >= 11 is 3.41. The van der Waals surface area contributed by atoms with Crippen LogP contribution in [0.2, 0.25) is 0 Å². The van der Waals surface area contributed by atoms with Gasteiger partial charge in [-0.2, -0.15) is 0 Å². The van der Waals surface area contributed by atoms with E-state index in [2.05, 4.69) is 41.5 Å². The second kappa shape index (κ2) is 5.53. The number of nitrogens with zero attached hydrogens (tertiary/aromatic N) is 5. The van der Waals surface area contributed by atoms with E-state index in [0.29, 0.717) is 10.4 Å². The molecule has 18 heavy (non-hydrogen) atoms. The predicted molar refractivity (Wildman–Crippen MR) is 71.0 cm³/mol. The first kappa shape index (κ1) is 13.1. The lowest BCUT2D eigenvalue weighted by molar-refractivity contribution is 0.544. The average molecular weight is 311 g/mol. The Labute approximate surface area is 114 Å². The Morgan fingerprint density at radius 1 is 1.39 bits per heavy atom. The van der Waals surface area contributed by atoms with Crippen molar-refractivity contribution in [3.05, 3.63) is 34.1 Å². The molecule has 2 aromatic heterocycles. The highest BCUT2D eigenvalue weighted by Gasteiger charge is 2.23. The molecule has 1 unspecified atom stereocenters. The average Bonchev–Trinajstić information content (AvgIpc) is 2.68. The van der Waals surface area contributed by atoms with Gasteiger partial charge in [-0.3, -0.25) is 0 Å². The van der Waals surface area contributed by atoms with Gasteiger partial charge in [-0.25, -0.2) is 14.6 Å². The molecule has 0 amide bonds. The van der Waals surface area contributed by atoms with Crippen molar-refractivity contribution < 1.29 is 0 Å². The number of hydrogen-bond donors (Lipinski definition) is 1. The number of rotatable bonds is 4. The van der Waals surface area contributed by atoms with Gasteiger partial charge in [0.25, 0.3) is 0 Å². The molecule has 6 nitrogen and oxygen atoms in total. The first-order valence-corrected chi connectivity index (χ1v) is 6.49. The number of hydrogen-bond acceptors (Lipinski definition) is 5. The fraction of sp³-hybridized carbons (Fsp3) is 0.455. The Morgan fingerprint density at radius 3 is 2.56 bits per heavy atom. The molecule has 0 radical (unpaired) electrons. The van der Waals surface area contributed by atoms with E-state index >= 15 is 0 Å². The first-order chi connectivity index (χ1) is 8.63. The number of halogens is 1. The summed E-state index contributed by atoms with van der Waals surface area (Å²) in [5.74, 6) is 0.716. The lowest BCUT2D eigenvalue weighted by Crippen LogP contribution is -2.26. The first-order valence-electron chi connectivity index (χ1n) is 5.70. The largest absolute Gasteiger partial charge is 0.303 e. The molecule has 1 N–H and O–H groups in total. The van der Waals surface area contributed by atoms with E-state index in [1.165, 1.54) is 0 Å². The van der Waals surface area contributed by atoms with Crippen LogP contribution >= 0.6 is 15.9 Å². The molecule has 2 aromatic rings. The highest BCUT2D eigenvalue weighted by Crippen LogP contribution is 2.24. The van der Waals surface area contributed by atoms with Gasteiger partial charge in [0.05, 0.1) is 5.69 Å². The van der Waals surface area contributed by atoms with Crippen molar-refractivity contribution in [2.75, 3.05) is 6.54 Å². The van der Waals surface area contributed by atoms with Gasteiger partial charge in [-0.05, 0) is 35.0 Å². The van der Waals surface area contributed by atoms with Gasteiger partial charge >= 0.3 is 0 Å². The zero-order valence-corrected chi connectivity index (χ0v) is 12.1. The topological polar surface area (TPSA) is 68.5 Å². The Balaban J connectivity index is 2.43. The highest BCUT2D eigenvalue weighted by atomic mass is 79.9. The van der Waals surface area contributed by atoms with Crippen LogP contribution in [0.15, 0.2) is 17.0 Å². The Hall–Kier alpha value is -1.34. The molecule has 7 heteroatoms. The quantitative estimate of drug-likeness (QED) is 0.924. The van der Waals surface area contributed by atoms with Crippen LogP contribution < -0.4 is 5.32 Å². The fourth-order valence-electron chi connectivity index (χ4n) is 1.71. The van der Waals surface area contributed by atoms with Crippen LogP contribution in [-0.2, 0) is 7.05 Å². The molecule has 0 saturated carbocycles. The number of aromatic nitrogens is 5. The van der Waals surface area contributed by atoms with Gasteiger partial charge in [0.15, 0.2) is 10.4 Å². The molecule has 0 bridgehead atoms. The van der Waals surface area contributed by atoms with Gasteiger partial charge in [0.1, 0.15) is 6.04 Å². The molecular weight excluding hydrogens is 296 g/mol. The van der Waals surface area contributed by atoms with Gasteiger partial charge in [-0.1, -0.05) is 12.1 Å². The van der Waals surface area contributed by atoms with E-state index in [0.717, 1.165) is 17.8 Å². The molecule has 0 fully saturated rings. The zero-order chi connectivity index (χ0) is 13.1. The van der Waals surface area contributed by atoms with Crippen molar-refractivity contribution >= 4 is 15.9 Å². The highest BCUT2D eigenvalue weighted by molar-refractivity contribution is 9.10. The maximum Gasteiger partial charge on any atom is 0.153 e. The number of aryl methyl sites for hydroxylation is 2. The van der Waals surface area contributed by atoms with E-state index in [1.807, 2.05) is 33.3 Å². The third-order valence-corrected chi connectivity index (χ3v) is 3.13. The van der Waals surface area contributed by atoms with Crippen LogP contribution in [0.4, 0.5) is 0 Å². The third kappa shape index (κ3) is 2.56. The maximum absolute atomic E-state index is 4.37. The number of nitrogens with one attached hydrogen (secondary N) is 1. The van der Waals surface area contributed by atoms with Gasteiger partial charge in [0.2, 0.25) is 0 Å². The van der Waals surface area contributed by atoms with Crippen LogP contribution in [0.1, 0.15) is 30.0 Å². The van der Waals surface area contributed by atoms with E-state index in [-0.39, 0.29) is 6.04 Å². The lowest BCUT2D eigenvalue weighted by Gasteiger charge is -2.16. The molecule has 0 aromatic carbocycles. The fourth-order valence-corrected chi connectivity index (χ4v) is 2.27. The molecule has 1 atom stereocenters. The minimum Gasteiger partial charge on any atom is -0.303 e. The van der Waals surface area contributed by atoms with Crippen LogP contribution in [0.25, 0.3) is 0 Å². The summed E-state index contributed by atoms with van der Waals surface area (Å²) < 4.78 is 2.43. The Kier molecular flexibility index (Phi) is 4.03. The van der Waals surface area contributed by atoms with Gasteiger partial charge in [0, 0.05) is 19.4 Å². The smallest absolute Gasteiger partial charge is 0.153 e. The zero-order valence-electron chi connectivity index (χ0n) is 10.6. The summed E-state index contributed by atoms with van der Waals surface area (Å²) in [5.41, 5.74) is 1.96. The van der Waals surface area contributed by atoms with E-state index in [9.17, 15) is 0 Å². The molecule has 0 aliphatic rings. The molecule has 0 saturated heterocycles. The van der Waals surface area contributed by atoms with Crippen LogP contribution in [0.5, 0.6) is 0 Å². The predicted octanol–water partition coefficient (Wildman–Crippen LogP) is 1.37. The molecule has 0 aliphatic carbocycles. The van der Waals surface area contributed by atoms with Crippen molar-refractivity contribution in [1.82, 2.24) is 30.3 Å². The minimum absolute atomic E-state index is 0.120. The standard InChI is InChI=1S/C11H15BrN6/c1-4-13-8(9-10(12)16-17-18(9)3)11-14-5-7(2)6-15-11/h5-6,8,13H,4H2,1-3H3. The molecule has 96 valence electrons. The Morgan fingerprint density at radius 2 is 2.06 bits per heavy atom. The summed E-state index contributed by atoms with van der Waals surface area (Å²) in [7, 11) is 1.85. The monoisotopic (exact) mass is 310 g/mol. The summed E-state index contributed by atoms with van der Waals surface area (Å²) in [4.78, 5) is 8.74. The lowest BCUT2D eigenvalue weighted by atomic mass is 10.2. The third-order valence-electron chi connectivity index (χ3n) is 2.57. The van der Waals surface area contributed by atoms with Crippen molar-refractivity contribution in [2.24, 2.45) is 7.05 Å². The van der Waals surface area contributed by atoms with Crippen molar-refractivity contribution in [2.45, 2.75) is 19.9 Å². The second-order valence-electron chi connectivity index (χ2n) is 4.00. The SMILES string of the molecule is CCNC(c1ncc(C)cn1)c1c(Br)nnn1C. The molecule has 0 aliphatic heterocycles. The Bertz CT molecular complexity index is 501. The van der Waals surface area contributed by atoms with Crippen LogP contribution in [0, 0.1) is 6.92 Å². The van der Waals surface area contributed by atoms with Crippen molar-refractivity contribution in [3.8, 4) is 0 Å².